The third-order valence-electron chi connectivity index (χ3n) is 5.27. The molecule has 0 saturated carbocycles. The van der Waals surface area contributed by atoms with Gasteiger partial charge >= 0.3 is 5.97 Å². The number of benzene rings is 1. The molecule has 3 rings (SSSR count). The van der Waals surface area contributed by atoms with Gasteiger partial charge in [0.2, 0.25) is 5.91 Å². The molecule has 1 aromatic carbocycles. The van der Waals surface area contributed by atoms with Gasteiger partial charge in [-0.15, -0.1) is 0 Å². The quantitative estimate of drug-likeness (QED) is 0.607. The number of aromatic nitrogens is 3. The summed E-state index contributed by atoms with van der Waals surface area (Å²) in [5, 5.41) is 7.49. The van der Waals surface area contributed by atoms with Crippen molar-refractivity contribution < 1.29 is 14.3 Å². The number of aryl methyl sites for hydroxylation is 2. The van der Waals surface area contributed by atoms with Crippen molar-refractivity contribution in [3.63, 3.8) is 0 Å². The third-order valence-corrected chi connectivity index (χ3v) is 5.27. The van der Waals surface area contributed by atoms with E-state index in [0.29, 0.717) is 6.42 Å². The SMILES string of the molecule is COC(=O)C(NC(=O)CCc1c(C)nc2cc(-c3ccccc3)nn2c1C)C(C)C. The van der Waals surface area contributed by atoms with E-state index in [4.69, 9.17) is 9.84 Å². The average Bonchev–Trinajstić information content (AvgIpc) is 3.16. The van der Waals surface area contributed by atoms with Crippen LogP contribution in [0.3, 0.4) is 0 Å². The second-order valence-electron chi connectivity index (χ2n) is 7.74. The molecule has 1 amide bonds. The van der Waals surface area contributed by atoms with Crippen molar-refractivity contribution in [2.75, 3.05) is 7.11 Å². The number of nitrogens with one attached hydrogen (secondary N) is 1. The number of hydrogen-bond donors (Lipinski definition) is 1. The zero-order valence-electron chi connectivity index (χ0n) is 18.1. The Labute approximate surface area is 176 Å². The molecule has 0 aliphatic carbocycles. The van der Waals surface area contributed by atoms with Gasteiger partial charge in [-0.1, -0.05) is 44.2 Å². The molecule has 0 radical (unpaired) electrons. The molecular weight excluding hydrogens is 380 g/mol. The summed E-state index contributed by atoms with van der Waals surface area (Å²) in [7, 11) is 1.32. The summed E-state index contributed by atoms with van der Waals surface area (Å²) < 4.78 is 6.61. The van der Waals surface area contributed by atoms with Gasteiger partial charge in [0.25, 0.3) is 0 Å². The van der Waals surface area contributed by atoms with Gasteiger partial charge in [0.15, 0.2) is 5.65 Å². The molecule has 0 saturated heterocycles. The van der Waals surface area contributed by atoms with Crippen LogP contribution in [0.4, 0.5) is 0 Å². The molecule has 7 heteroatoms. The summed E-state index contributed by atoms with van der Waals surface area (Å²) in [6.45, 7) is 7.68. The lowest BCUT2D eigenvalue weighted by molar-refractivity contribution is -0.146. The molecule has 158 valence electrons. The van der Waals surface area contributed by atoms with Crippen LogP contribution in [0.1, 0.15) is 37.2 Å². The number of hydrogen-bond acceptors (Lipinski definition) is 5. The average molecular weight is 409 g/mol. The Bertz CT molecular complexity index is 1060. The minimum absolute atomic E-state index is 0.0524. The summed E-state index contributed by atoms with van der Waals surface area (Å²) >= 11 is 0. The van der Waals surface area contributed by atoms with E-state index in [1.807, 2.05) is 68.6 Å². The summed E-state index contributed by atoms with van der Waals surface area (Å²) in [4.78, 5) is 29.0. The van der Waals surface area contributed by atoms with Crippen molar-refractivity contribution >= 4 is 17.5 Å². The Morgan fingerprint density at radius 3 is 2.50 bits per heavy atom. The van der Waals surface area contributed by atoms with Crippen LogP contribution in [0.2, 0.25) is 0 Å². The molecule has 0 bridgehead atoms. The van der Waals surface area contributed by atoms with Crippen molar-refractivity contribution in [2.24, 2.45) is 5.92 Å². The molecule has 1 unspecified atom stereocenters. The van der Waals surface area contributed by atoms with E-state index in [1.165, 1.54) is 7.11 Å². The molecule has 2 aromatic heterocycles. The summed E-state index contributed by atoms with van der Waals surface area (Å²) in [5.41, 5.74) is 5.49. The summed E-state index contributed by atoms with van der Waals surface area (Å²) in [5.74, 6) is -0.675. The molecule has 1 N–H and O–H groups in total. The van der Waals surface area contributed by atoms with Crippen LogP contribution in [-0.4, -0.2) is 39.6 Å². The molecule has 0 fully saturated rings. The second-order valence-corrected chi connectivity index (χ2v) is 7.74. The van der Waals surface area contributed by atoms with Crippen LogP contribution >= 0.6 is 0 Å². The standard InChI is InChI=1S/C23H28N4O3/c1-14(2)22(23(29)30-5)25-21(28)12-11-18-15(3)24-20-13-19(26-27(20)16(18)4)17-9-7-6-8-10-17/h6-10,13-14,22H,11-12H2,1-5H3,(H,25,28). The number of rotatable bonds is 7. The predicted molar refractivity (Wildman–Crippen MR) is 115 cm³/mol. The van der Waals surface area contributed by atoms with Gasteiger partial charge in [-0.2, -0.15) is 5.10 Å². The Morgan fingerprint density at radius 1 is 1.17 bits per heavy atom. The van der Waals surface area contributed by atoms with Gasteiger partial charge in [-0.25, -0.2) is 14.3 Å². The molecule has 0 aliphatic rings. The van der Waals surface area contributed by atoms with Crippen LogP contribution in [0.25, 0.3) is 16.9 Å². The second kappa shape index (κ2) is 9.07. The van der Waals surface area contributed by atoms with Crippen molar-refractivity contribution in [1.82, 2.24) is 19.9 Å². The molecular formula is C23H28N4O3. The lowest BCUT2D eigenvalue weighted by Crippen LogP contribution is -2.45. The van der Waals surface area contributed by atoms with Crippen LogP contribution in [0.5, 0.6) is 0 Å². The van der Waals surface area contributed by atoms with E-state index in [2.05, 4.69) is 10.3 Å². The van der Waals surface area contributed by atoms with E-state index < -0.39 is 12.0 Å². The molecule has 0 aliphatic heterocycles. The minimum atomic E-state index is -0.648. The van der Waals surface area contributed by atoms with Crippen LogP contribution < -0.4 is 5.32 Å². The smallest absolute Gasteiger partial charge is 0.328 e. The highest BCUT2D eigenvalue weighted by Gasteiger charge is 2.25. The third kappa shape index (κ3) is 4.50. The highest BCUT2D eigenvalue weighted by atomic mass is 16.5. The summed E-state index contributed by atoms with van der Waals surface area (Å²) in [6, 6.07) is 11.3. The molecule has 1 atom stereocenters. The van der Waals surface area contributed by atoms with Crippen LogP contribution in [-0.2, 0) is 20.7 Å². The Balaban J connectivity index is 1.79. The Hall–Kier alpha value is -3.22. The van der Waals surface area contributed by atoms with E-state index in [9.17, 15) is 9.59 Å². The number of methoxy groups -OCH3 is 1. The van der Waals surface area contributed by atoms with E-state index >= 15 is 0 Å². The molecule has 3 aromatic rings. The predicted octanol–water partition coefficient (Wildman–Crippen LogP) is 3.26. The maximum atomic E-state index is 12.5. The van der Waals surface area contributed by atoms with E-state index in [-0.39, 0.29) is 18.2 Å². The normalized spacial score (nSPS) is 12.2. The van der Waals surface area contributed by atoms with Crippen molar-refractivity contribution in [3.05, 3.63) is 53.3 Å². The van der Waals surface area contributed by atoms with E-state index in [0.717, 1.165) is 33.9 Å². The lowest BCUT2D eigenvalue weighted by atomic mass is 10.0. The number of nitrogens with zero attached hydrogens (tertiary/aromatic N) is 3. The van der Waals surface area contributed by atoms with Crippen molar-refractivity contribution in [1.29, 1.82) is 0 Å². The van der Waals surface area contributed by atoms with Gasteiger partial charge < -0.3 is 10.1 Å². The van der Waals surface area contributed by atoms with Gasteiger partial charge in [-0.3, -0.25) is 4.79 Å². The summed E-state index contributed by atoms with van der Waals surface area (Å²) in [6.07, 6.45) is 0.765. The van der Waals surface area contributed by atoms with Gasteiger partial charge in [0.05, 0.1) is 12.8 Å². The molecule has 0 spiro atoms. The first-order valence-corrected chi connectivity index (χ1v) is 10.1. The number of amides is 1. The fourth-order valence-corrected chi connectivity index (χ4v) is 3.55. The van der Waals surface area contributed by atoms with Crippen molar-refractivity contribution in [3.8, 4) is 11.3 Å². The molecule has 2 heterocycles. The lowest BCUT2D eigenvalue weighted by Gasteiger charge is -2.20. The van der Waals surface area contributed by atoms with Gasteiger partial charge in [0.1, 0.15) is 6.04 Å². The Kier molecular flexibility index (Phi) is 6.50. The van der Waals surface area contributed by atoms with E-state index in [1.54, 1.807) is 0 Å². The maximum Gasteiger partial charge on any atom is 0.328 e. The number of carbonyl (C=O) groups excluding carboxylic acids is 2. The number of esters is 1. The van der Waals surface area contributed by atoms with Crippen LogP contribution in [0, 0.1) is 19.8 Å². The van der Waals surface area contributed by atoms with Gasteiger partial charge in [-0.05, 0) is 31.7 Å². The fraction of sp³-hybridized carbons (Fsp3) is 0.391. The number of ether oxygens (including phenoxy) is 1. The molecule has 30 heavy (non-hydrogen) atoms. The monoisotopic (exact) mass is 408 g/mol. The zero-order chi connectivity index (χ0) is 21.8. The largest absolute Gasteiger partial charge is 0.467 e. The first-order chi connectivity index (χ1) is 14.3. The number of carbonyl (C=O) groups is 2. The van der Waals surface area contributed by atoms with Crippen molar-refractivity contribution in [2.45, 2.75) is 46.6 Å². The van der Waals surface area contributed by atoms with Gasteiger partial charge in [0, 0.05) is 29.4 Å². The highest BCUT2D eigenvalue weighted by Crippen LogP contribution is 2.22. The zero-order valence-corrected chi connectivity index (χ0v) is 18.1. The minimum Gasteiger partial charge on any atom is -0.467 e. The highest BCUT2D eigenvalue weighted by molar-refractivity contribution is 5.84. The van der Waals surface area contributed by atoms with Crippen LogP contribution in [0.15, 0.2) is 36.4 Å². The topological polar surface area (TPSA) is 85.6 Å². The number of fused-ring (bicyclic) bond motifs is 1. The maximum absolute atomic E-state index is 12.5. The first kappa shape index (κ1) is 21.5. The first-order valence-electron chi connectivity index (χ1n) is 10.1. The molecule has 7 nitrogen and oxygen atoms in total. The fourth-order valence-electron chi connectivity index (χ4n) is 3.55. The Morgan fingerprint density at radius 2 is 1.87 bits per heavy atom.